The van der Waals surface area contributed by atoms with Gasteiger partial charge >= 0.3 is 0 Å². The molecule has 1 unspecified atom stereocenters. The first-order valence-corrected chi connectivity index (χ1v) is 6.98. The summed E-state index contributed by atoms with van der Waals surface area (Å²) in [5.41, 5.74) is 1.07. The van der Waals surface area contributed by atoms with Crippen molar-refractivity contribution in [3.8, 4) is 6.07 Å². The number of nitrogens with zero attached hydrogens (tertiary/aromatic N) is 1. The van der Waals surface area contributed by atoms with Gasteiger partial charge in [0.15, 0.2) is 0 Å². The van der Waals surface area contributed by atoms with E-state index in [0.29, 0.717) is 5.25 Å². The third-order valence-corrected chi connectivity index (χ3v) is 4.66. The van der Waals surface area contributed by atoms with Gasteiger partial charge in [-0.25, -0.2) is 0 Å². The maximum atomic E-state index is 9.41. The highest BCUT2D eigenvalue weighted by Gasteiger charge is 2.62. The molecule has 0 heterocycles. The Morgan fingerprint density at radius 3 is 2.12 bits per heavy atom. The van der Waals surface area contributed by atoms with Crippen LogP contribution in [0.5, 0.6) is 0 Å². The lowest BCUT2D eigenvalue weighted by Gasteiger charge is -2.13. The van der Waals surface area contributed by atoms with Crippen molar-refractivity contribution in [2.75, 3.05) is 0 Å². The molecule has 17 heavy (non-hydrogen) atoms. The summed E-state index contributed by atoms with van der Waals surface area (Å²) in [4.78, 5) is 1.29. The number of benzene rings is 1. The molecule has 0 amide bonds. The number of rotatable bonds is 3. The molecule has 1 aliphatic rings. The van der Waals surface area contributed by atoms with Crippen LogP contribution in [0.25, 0.3) is 0 Å². The van der Waals surface area contributed by atoms with Crippen LogP contribution in [0.15, 0.2) is 29.2 Å². The number of thioether (sulfide) groups is 1. The standard InChI is InChI=1S/C15H19NS/c1-11(2)17-13-7-5-12(6-8-13)15(10-16)9-14(15,3)4/h5-8,11H,9H2,1-4H3. The molecule has 2 heteroatoms. The quantitative estimate of drug-likeness (QED) is 0.738. The first-order valence-electron chi connectivity index (χ1n) is 6.10. The highest BCUT2D eigenvalue weighted by atomic mass is 32.2. The molecule has 1 nitrogen and oxygen atoms in total. The third-order valence-electron chi connectivity index (χ3n) is 3.65. The van der Waals surface area contributed by atoms with Gasteiger partial charge in [0, 0.05) is 10.1 Å². The molecule has 1 aromatic rings. The van der Waals surface area contributed by atoms with Crippen LogP contribution < -0.4 is 0 Å². The molecular formula is C15H19NS. The highest BCUT2D eigenvalue weighted by molar-refractivity contribution is 7.99. The van der Waals surface area contributed by atoms with Crippen molar-refractivity contribution < 1.29 is 0 Å². The van der Waals surface area contributed by atoms with Gasteiger partial charge in [-0.3, -0.25) is 0 Å². The molecule has 0 N–H and O–H groups in total. The lowest BCUT2D eigenvalue weighted by atomic mass is 9.89. The Labute approximate surface area is 108 Å². The van der Waals surface area contributed by atoms with E-state index in [1.807, 2.05) is 11.8 Å². The van der Waals surface area contributed by atoms with Crippen molar-refractivity contribution in [1.82, 2.24) is 0 Å². The van der Waals surface area contributed by atoms with Gasteiger partial charge in [0.25, 0.3) is 0 Å². The maximum Gasteiger partial charge on any atom is 0.0879 e. The van der Waals surface area contributed by atoms with Gasteiger partial charge in [0.2, 0.25) is 0 Å². The highest BCUT2D eigenvalue weighted by Crippen LogP contribution is 2.63. The normalized spacial score (nSPS) is 25.6. The van der Waals surface area contributed by atoms with E-state index in [4.69, 9.17) is 0 Å². The van der Waals surface area contributed by atoms with E-state index in [2.05, 4.69) is 58.0 Å². The lowest BCUT2D eigenvalue weighted by molar-refractivity contribution is 0.570. The number of hydrogen-bond acceptors (Lipinski definition) is 2. The number of hydrogen-bond donors (Lipinski definition) is 0. The van der Waals surface area contributed by atoms with E-state index in [1.165, 1.54) is 10.5 Å². The summed E-state index contributed by atoms with van der Waals surface area (Å²) in [6.07, 6.45) is 0.979. The van der Waals surface area contributed by atoms with Crippen LogP contribution in [0.4, 0.5) is 0 Å². The Balaban J connectivity index is 2.23. The van der Waals surface area contributed by atoms with Gasteiger partial charge in [-0.15, -0.1) is 11.8 Å². The molecule has 1 atom stereocenters. The van der Waals surface area contributed by atoms with Crippen LogP contribution in [-0.4, -0.2) is 5.25 Å². The molecule has 1 saturated carbocycles. The summed E-state index contributed by atoms with van der Waals surface area (Å²) >= 11 is 1.86. The molecule has 0 bridgehead atoms. The molecule has 1 fully saturated rings. The fourth-order valence-electron chi connectivity index (χ4n) is 2.46. The Kier molecular flexibility index (Phi) is 2.99. The predicted molar refractivity (Wildman–Crippen MR) is 73.1 cm³/mol. The molecule has 0 aliphatic heterocycles. The molecule has 0 saturated heterocycles. The maximum absolute atomic E-state index is 9.41. The lowest BCUT2D eigenvalue weighted by Crippen LogP contribution is -2.11. The molecule has 2 rings (SSSR count). The molecule has 1 aromatic carbocycles. The Hall–Kier alpha value is -0.940. The van der Waals surface area contributed by atoms with Gasteiger partial charge in [-0.1, -0.05) is 39.8 Å². The summed E-state index contributed by atoms with van der Waals surface area (Å²) in [6, 6.07) is 11.1. The first-order chi connectivity index (χ1) is 7.91. The Bertz CT molecular complexity index is 453. The first kappa shape index (κ1) is 12.5. The summed E-state index contributed by atoms with van der Waals surface area (Å²) in [5.74, 6) is 0. The SMILES string of the molecule is CC(C)Sc1ccc(C2(C#N)CC2(C)C)cc1. The monoisotopic (exact) mass is 245 g/mol. The molecule has 0 spiro atoms. The predicted octanol–water partition coefficient (Wildman–Crippen LogP) is 4.38. The second kappa shape index (κ2) is 4.07. The topological polar surface area (TPSA) is 23.8 Å². The fraction of sp³-hybridized carbons (Fsp3) is 0.533. The Morgan fingerprint density at radius 2 is 1.76 bits per heavy atom. The van der Waals surface area contributed by atoms with Crippen LogP contribution in [-0.2, 0) is 5.41 Å². The summed E-state index contributed by atoms with van der Waals surface area (Å²) in [6.45, 7) is 8.73. The van der Waals surface area contributed by atoms with Crippen molar-refractivity contribution in [3.63, 3.8) is 0 Å². The van der Waals surface area contributed by atoms with E-state index in [-0.39, 0.29) is 10.8 Å². The second-order valence-electron chi connectivity index (χ2n) is 5.77. The minimum atomic E-state index is -0.242. The van der Waals surface area contributed by atoms with E-state index in [1.54, 1.807) is 0 Å². The van der Waals surface area contributed by atoms with Crippen molar-refractivity contribution in [3.05, 3.63) is 29.8 Å². The summed E-state index contributed by atoms with van der Waals surface area (Å²) in [5, 5.41) is 10.0. The van der Waals surface area contributed by atoms with Gasteiger partial charge in [0.05, 0.1) is 11.5 Å². The van der Waals surface area contributed by atoms with E-state index in [0.717, 1.165) is 6.42 Å². The van der Waals surface area contributed by atoms with Gasteiger partial charge in [-0.05, 0) is 29.5 Å². The average Bonchev–Trinajstić information content (AvgIpc) is 2.82. The molecule has 90 valence electrons. The van der Waals surface area contributed by atoms with Gasteiger partial charge in [-0.2, -0.15) is 5.26 Å². The van der Waals surface area contributed by atoms with Gasteiger partial charge in [0.1, 0.15) is 0 Å². The van der Waals surface area contributed by atoms with Crippen LogP contribution in [0.2, 0.25) is 0 Å². The zero-order valence-electron chi connectivity index (χ0n) is 10.9. The largest absolute Gasteiger partial charge is 0.197 e. The minimum absolute atomic E-state index is 0.133. The van der Waals surface area contributed by atoms with Crippen LogP contribution in [0, 0.1) is 16.7 Å². The summed E-state index contributed by atoms with van der Waals surface area (Å²) in [7, 11) is 0. The van der Waals surface area contributed by atoms with E-state index < -0.39 is 0 Å². The molecule has 1 aliphatic carbocycles. The average molecular weight is 245 g/mol. The minimum Gasteiger partial charge on any atom is -0.197 e. The van der Waals surface area contributed by atoms with Crippen molar-refractivity contribution >= 4 is 11.8 Å². The van der Waals surface area contributed by atoms with Crippen molar-refractivity contribution in [2.45, 2.75) is 49.7 Å². The fourth-order valence-corrected chi connectivity index (χ4v) is 3.29. The van der Waals surface area contributed by atoms with E-state index in [9.17, 15) is 5.26 Å². The molecule has 0 radical (unpaired) electrons. The number of nitriles is 1. The zero-order valence-corrected chi connectivity index (χ0v) is 11.8. The molecular weight excluding hydrogens is 226 g/mol. The van der Waals surface area contributed by atoms with Crippen LogP contribution in [0.3, 0.4) is 0 Å². The van der Waals surface area contributed by atoms with Crippen LogP contribution >= 0.6 is 11.8 Å². The second-order valence-corrected chi connectivity index (χ2v) is 7.42. The van der Waals surface area contributed by atoms with E-state index >= 15 is 0 Å². The van der Waals surface area contributed by atoms with Gasteiger partial charge < -0.3 is 0 Å². The third kappa shape index (κ3) is 2.09. The molecule has 0 aromatic heterocycles. The smallest absolute Gasteiger partial charge is 0.0879 e. The van der Waals surface area contributed by atoms with Crippen molar-refractivity contribution in [1.29, 1.82) is 5.26 Å². The Morgan fingerprint density at radius 1 is 1.24 bits per heavy atom. The summed E-state index contributed by atoms with van der Waals surface area (Å²) < 4.78 is 0. The zero-order chi connectivity index (χ0) is 12.7. The van der Waals surface area contributed by atoms with Crippen LogP contribution in [0.1, 0.15) is 39.7 Å². The van der Waals surface area contributed by atoms with Crippen molar-refractivity contribution in [2.24, 2.45) is 5.41 Å².